The van der Waals surface area contributed by atoms with E-state index in [1.807, 2.05) is 43.3 Å². The van der Waals surface area contributed by atoms with Gasteiger partial charge in [0.15, 0.2) is 5.78 Å². The van der Waals surface area contributed by atoms with Gasteiger partial charge >= 0.3 is 0 Å². The molecule has 0 saturated carbocycles. The zero-order chi connectivity index (χ0) is 21.0. The predicted molar refractivity (Wildman–Crippen MR) is 117 cm³/mol. The molecule has 0 amide bonds. The minimum absolute atomic E-state index is 0.0518. The minimum atomic E-state index is -0.633. The number of hydrogen-bond acceptors (Lipinski definition) is 4. The van der Waals surface area contributed by atoms with E-state index in [1.54, 1.807) is 6.92 Å². The molecule has 154 valence electrons. The van der Waals surface area contributed by atoms with Gasteiger partial charge in [-0.1, -0.05) is 30.3 Å². The van der Waals surface area contributed by atoms with Crippen LogP contribution < -0.4 is 10.1 Å². The summed E-state index contributed by atoms with van der Waals surface area (Å²) in [6, 6.07) is 16.1. The zero-order valence-corrected chi connectivity index (χ0v) is 17.6. The molecule has 0 bridgehead atoms. The van der Waals surface area contributed by atoms with Crippen LogP contribution in [0.15, 0.2) is 48.5 Å². The van der Waals surface area contributed by atoms with Crippen molar-refractivity contribution in [3.05, 3.63) is 65.4 Å². The van der Waals surface area contributed by atoms with Crippen molar-refractivity contribution in [1.29, 1.82) is 0 Å². The Kier molecular flexibility index (Phi) is 6.72. The van der Waals surface area contributed by atoms with E-state index in [0.717, 1.165) is 28.7 Å². The molecule has 0 radical (unpaired) electrons. The first kappa shape index (κ1) is 21.1. The molecule has 0 unspecified atom stereocenters. The number of Topliss-reactive ketones (excluding diaryl/α,β-unsaturated/α-hetero) is 1. The van der Waals surface area contributed by atoms with Crippen molar-refractivity contribution in [2.75, 3.05) is 13.2 Å². The van der Waals surface area contributed by atoms with Crippen molar-refractivity contribution < 1.29 is 14.6 Å². The lowest BCUT2D eigenvalue weighted by atomic mass is 10.1. The second-order valence-electron chi connectivity index (χ2n) is 7.45. The Labute approximate surface area is 172 Å². The minimum Gasteiger partial charge on any atom is -0.491 e. The van der Waals surface area contributed by atoms with E-state index < -0.39 is 6.10 Å². The standard InChI is InChI=1S/C24H30N2O3/c1-5-26-17(3)24(18(4)27)22-13-21(11-12-23(22)26)29-15-20(28)14-25-16(2)19-9-7-6-8-10-19/h6-13,16,20,25,28H,5,14-15H2,1-4H3/t16-,20-/m0/s1. The molecule has 0 aliphatic rings. The van der Waals surface area contributed by atoms with E-state index in [-0.39, 0.29) is 18.4 Å². The van der Waals surface area contributed by atoms with E-state index >= 15 is 0 Å². The number of benzene rings is 2. The summed E-state index contributed by atoms with van der Waals surface area (Å²) in [6.07, 6.45) is -0.633. The lowest BCUT2D eigenvalue weighted by molar-refractivity contribution is 0.101. The van der Waals surface area contributed by atoms with E-state index in [2.05, 4.69) is 35.9 Å². The highest BCUT2D eigenvalue weighted by atomic mass is 16.5. The summed E-state index contributed by atoms with van der Waals surface area (Å²) in [5, 5.41) is 14.5. The van der Waals surface area contributed by atoms with Gasteiger partial charge in [-0.25, -0.2) is 0 Å². The van der Waals surface area contributed by atoms with Gasteiger partial charge in [0.2, 0.25) is 0 Å². The van der Waals surface area contributed by atoms with Crippen LogP contribution in [0.4, 0.5) is 0 Å². The Bertz CT molecular complexity index is 979. The Hall–Kier alpha value is -2.63. The van der Waals surface area contributed by atoms with Crippen molar-refractivity contribution in [3.63, 3.8) is 0 Å². The number of carbonyl (C=O) groups is 1. The third kappa shape index (κ3) is 4.69. The van der Waals surface area contributed by atoms with Crippen LogP contribution in [0.25, 0.3) is 10.9 Å². The molecule has 2 atom stereocenters. The summed E-state index contributed by atoms with van der Waals surface area (Å²) >= 11 is 0. The molecule has 3 aromatic rings. The fraction of sp³-hybridized carbons (Fsp3) is 0.375. The number of ether oxygens (including phenoxy) is 1. The number of hydrogen-bond donors (Lipinski definition) is 2. The molecule has 0 aliphatic heterocycles. The normalized spacial score (nSPS) is 13.4. The summed E-state index contributed by atoms with van der Waals surface area (Å²) < 4.78 is 7.96. The lowest BCUT2D eigenvalue weighted by Gasteiger charge is -2.18. The van der Waals surface area contributed by atoms with Gasteiger partial charge in [0.25, 0.3) is 0 Å². The van der Waals surface area contributed by atoms with Crippen molar-refractivity contribution >= 4 is 16.7 Å². The molecule has 5 heteroatoms. The molecule has 1 heterocycles. The van der Waals surface area contributed by atoms with Gasteiger partial charge in [0.1, 0.15) is 18.5 Å². The number of nitrogens with one attached hydrogen (secondary N) is 1. The van der Waals surface area contributed by atoms with Crippen LogP contribution in [-0.2, 0) is 6.54 Å². The molecule has 29 heavy (non-hydrogen) atoms. The van der Waals surface area contributed by atoms with Gasteiger partial charge in [-0.3, -0.25) is 4.79 Å². The smallest absolute Gasteiger partial charge is 0.162 e. The summed E-state index contributed by atoms with van der Waals surface area (Å²) in [4.78, 5) is 12.2. The van der Waals surface area contributed by atoms with Gasteiger partial charge in [0, 0.05) is 41.3 Å². The fourth-order valence-electron chi connectivity index (χ4n) is 3.83. The van der Waals surface area contributed by atoms with Crippen molar-refractivity contribution in [2.45, 2.75) is 46.4 Å². The molecule has 2 N–H and O–H groups in total. The first-order valence-electron chi connectivity index (χ1n) is 10.1. The molecule has 2 aromatic carbocycles. The maximum Gasteiger partial charge on any atom is 0.162 e. The van der Waals surface area contributed by atoms with E-state index in [9.17, 15) is 9.90 Å². The summed E-state index contributed by atoms with van der Waals surface area (Å²) in [6.45, 7) is 9.13. The lowest BCUT2D eigenvalue weighted by Crippen LogP contribution is -2.33. The van der Waals surface area contributed by atoms with E-state index in [0.29, 0.717) is 12.3 Å². The Morgan fingerprint density at radius 2 is 1.93 bits per heavy atom. The summed E-state index contributed by atoms with van der Waals surface area (Å²) in [5.41, 5.74) is 3.93. The number of fused-ring (bicyclic) bond motifs is 1. The molecule has 5 nitrogen and oxygen atoms in total. The highest BCUT2D eigenvalue weighted by molar-refractivity contribution is 6.08. The van der Waals surface area contributed by atoms with Crippen LogP contribution in [-0.4, -0.2) is 34.7 Å². The van der Waals surface area contributed by atoms with Gasteiger partial charge < -0.3 is 19.7 Å². The van der Waals surface area contributed by atoms with Crippen molar-refractivity contribution in [1.82, 2.24) is 9.88 Å². The summed E-state index contributed by atoms with van der Waals surface area (Å²) in [7, 11) is 0. The zero-order valence-electron chi connectivity index (χ0n) is 17.6. The number of aryl methyl sites for hydroxylation is 1. The van der Waals surface area contributed by atoms with Crippen LogP contribution in [0, 0.1) is 6.92 Å². The number of nitrogens with zero attached hydrogens (tertiary/aromatic N) is 1. The molecular weight excluding hydrogens is 364 g/mol. The summed E-state index contributed by atoms with van der Waals surface area (Å²) in [5.74, 6) is 0.708. The molecular formula is C24H30N2O3. The number of aromatic nitrogens is 1. The van der Waals surface area contributed by atoms with Crippen molar-refractivity contribution in [3.8, 4) is 5.75 Å². The number of aliphatic hydroxyl groups excluding tert-OH is 1. The topological polar surface area (TPSA) is 63.5 Å². The van der Waals surface area contributed by atoms with Crippen LogP contribution in [0.2, 0.25) is 0 Å². The van der Waals surface area contributed by atoms with Crippen molar-refractivity contribution in [2.24, 2.45) is 0 Å². The van der Waals surface area contributed by atoms with Gasteiger partial charge in [-0.05, 0) is 51.5 Å². The Balaban J connectivity index is 1.64. The number of carbonyl (C=O) groups excluding carboxylic acids is 1. The Morgan fingerprint density at radius 3 is 2.59 bits per heavy atom. The number of ketones is 1. The molecule has 0 fully saturated rings. The van der Waals surface area contributed by atoms with E-state index in [1.165, 1.54) is 5.56 Å². The molecule has 3 rings (SSSR count). The number of aliphatic hydroxyl groups is 1. The average molecular weight is 395 g/mol. The molecule has 0 aliphatic carbocycles. The third-order valence-electron chi connectivity index (χ3n) is 5.36. The SMILES string of the molecule is CCn1c(C)c(C(C)=O)c2cc(OC[C@@H](O)CN[C@@H](C)c3ccccc3)ccc21. The van der Waals surface area contributed by atoms with Gasteiger partial charge in [-0.2, -0.15) is 0 Å². The second kappa shape index (κ2) is 9.25. The monoisotopic (exact) mass is 394 g/mol. The van der Waals surface area contributed by atoms with E-state index in [4.69, 9.17) is 4.74 Å². The average Bonchev–Trinajstić information content (AvgIpc) is 3.01. The molecule has 1 aromatic heterocycles. The molecule has 0 saturated heterocycles. The fourth-order valence-corrected chi connectivity index (χ4v) is 3.83. The Morgan fingerprint density at radius 1 is 1.21 bits per heavy atom. The highest BCUT2D eigenvalue weighted by Crippen LogP contribution is 2.30. The second-order valence-corrected chi connectivity index (χ2v) is 7.45. The first-order valence-corrected chi connectivity index (χ1v) is 10.1. The van der Waals surface area contributed by atoms with Gasteiger partial charge in [-0.15, -0.1) is 0 Å². The van der Waals surface area contributed by atoms with Crippen LogP contribution in [0.3, 0.4) is 0 Å². The number of rotatable bonds is 9. The van der Waals surface area contributed by atoms with Crippen LogP contribution >= 0.6 is 0 Å². The van der Waals surface area contributed by atoms with Crippen LogP contribution in [0.5, 0.6) is 5.75 Å². The maximum atomic E-state index is 12.2. The third-order valence-corrected chi connectivity index (χ3v) is 5.36. The quantitative estimate of drug-likeness (QED) is 0.532. The first-order chi connectivity index (χ1) is 13.9. The predicted octanol–water partition coefficient (Wildman–Crippen LogP) is 4.26. The maximum absolute atomic E-state index is 12.2. The van der Waals surface area contributed by atoms with Crippen LogP contribution in [0.1, 0.15) is 48.4 Å². The highest BCUT2D eigenvalue weighted by Gasteiger charge is 2.17. The van der Waals surface area contributed by atoms with Gasteiger partial charge in [0.05, 0.1) is 0 Å². The molecule has 0 spiro atoms. The largest absolute Gasteiger partial charge is 0.491 e.